The predicted molar refractivity (Wildman–Crippen MR) is 82.5 cm³/mol. The van der Waals surface area contributed by atoms with Gasteiger partial charge in [-0.3, -0.25) is 0 Å². The van der Waals surface area contributed by atoms with Gasteiger partial charge in [0.1, 0.15) is 5.75 Å². The highest BCUT2D eigenvalue weighted by Crippen LogP contribution is 2.18. The summed E-state index contributed by atoms with van der Waals surface area (Å²) < 4.78 is 5.16. The van der Waals surface area contributed by atoms with Gasteiger partial charge in [-0.1, -0.05) is 25.0 Å². The first-order valence-corrected chi connectivity index (χ1v) is 7.24. The lowest BCUT2D eigenvalue weighted by Crippen LogP contribution is -2.41. The van der Waals surface area contributed by atoms with Crippen molar-refractivity contribution in [3.63, 3.8) is 0 Å². The second-order valence-corrected chi connectivity index (χ2v) is 5.52. The van der Waals surface area contributed by atoms with Crippen molar-refractivity contribution in [2.75, 3.05) is 14.2 Å². The van der Waals surface area contributed by atoms with Crippen LogP contribution in [0.1, 0.15) is 31.2 Å². The molecule has 0 radical (unpaired) electrons. The van der Waals surface area contributed by atoms with Crippen LogP contribution >= 0.6 is 12.2 Å². The van der Waals surface area contributed by atoms with Crippen LogP contribution in [0.2, 0.25) is 0 Å². The van der Waals surface area contributed by atoms with Crippen molar-refractivity contribution in [2.45, 2.75) is 38.3 Å². The molecule has 1 N–H and O–H groups in total. The van der Waals surface area contributed by atoms with Gasteiger partial charge in [-0.15, -0.1) is 0 Å². The maximum Gasteiger partial charge on any atom is 0.169 e. The molecule has 19 heavy (non-hydrogen) atoms. The average Bonchev–Trinajstić information content (AvgIpc) is 2.92. The Hall–Kier alpha value is -1.29. The number of nitrogens with one attached hydrogen (secondary N) is 1. The van der Waals surface area contributed by atoms with Crippen LogP contribution in [0, 0.1) is 0 Å². The lowest BCUT2D eigenvalue weighted by atomic mass is 10.2. The minimum atomic E-state index is 0.575. The first-order valence-electron chi connectivity index (χ1n) is 6.83. The lowest BCUT2D eigenvalue weighted by Gasteiger charge is -2.24. The Morgan fingerprint density at radius 3 is 2.53 bits per heavy atom. The zero-order valence-electron chi connectivity index (χ0n) is 11.7. The standard InChI is InChI=1S/C15H22N2OS/c1-17(15(19)16-13-5-3-4-6-13)11-12-7-9-14(18-2)10-8-12/h7-10,13H,3-6,11H2,1-2H3,(H,16,19). The number of rotatable bonds is 4. The summed E-state index contributed by atoms with van der Waals surface area (Å²) in [5.41, 5.74) is 1.24. The van der Waals surface area contributed by atoms with Crippen molar-refractivity contribution in [1.82, 2.24) is 10.2 Å². The fourth-order valence-electron chi connectivity index (χ4n) is 2.43. The van der Waals surface area contributed by atoms with Crippen LogP contribution in [-0.2, 0) is 6.54 Å². The van der Waals surface area contributed by atoms with E-state index in [1.807, 2.05) is 19.2 Å². The fraction of sp³-hybridized carbons (Fsp3) is 0.533. The molecule has 0 amide bonds. The summed E-state index contributed by atoms with van der Waals surface area (Å²) in [6.45, 7) is 0.822. The number of methoxy groups -OCH3 is 1. The van der Waals surface area contributed by atoms with Crippen LogP contribution in [0.15, 0.2) is 24.3 Å². The topological polar surface area (TPSA) is 24.5 Å². The summed E-state index contributed by atoms with van der Waals surface area (Å²) in [5.74, 6) is 0.887. The number of thiocarbonyl (C=S) groups is 1. The van der Waals surface area contributed by atoms with E-state index in [4.69, 9.17) is 17.0 Å². The Morgan fingerprint density at radius 2 is 1.95 bits per heavy atom. The summed E-state index contributed by atoms with van der Waals surface area (Å²) in [6.07, 6.45) is 5.14. The largest absolute Gasteiger partial charge is 0.497 e. The van der Waals surface area contributed by atoms with Gasteiger partial charge in [-0.2, -0.15) is 0 Å². The molecule has 1 aliphatic rings. The van der Waals surface area contributed by atoms with Crippen LogP contribution in [0.4, 0.5) is 0 Å². The fourth-order valence-corrected chi connectivity index (χ4v) is 2.66. The highest BCUT2D eigenvalue weighted by atomic mass is 32.1. The third-order valence-corrected chi connectivity index (χ3v) is 4.04. The second kappa shape index (κ2) is 6.75. The van der Waals surface area contributed by atoms with Crippen molar-refractivity contribution >= 4 is 17.3 Å². The Morgan fingerprint density at radius 1 is 1.32 bits per heavy atom. The van der Waals surface area contributed by atoms with Gasteiger partial charge in [0.2, 0.25) is 0 Å². The zero-order chi connectivity index (χ0) is 13.7. The molecule has 0 saturated heterocycles. The maximum absolute atomic E-state index is 5.45. The molecule has 0 bridgehead atoms. The van der Waals surface area contributed by atoms with Gasteiger partial charge in [0.25, 0.3) is 0 Å². The van der Waals surface area contributed by atoms with Gasteiger partial charge in [0.15, 0.2) is 5.11 Å². The summed E-state index contributed by atoms with van der Waals surface area (Å²) in [7, 11) is 3.72. The van der Waals surface area contributed by atoms with E-state index in [2.05, 4.69) is 22.3 Å². The number of ether oxygens (including phenoxy) is 1. The van der Waals surface area contributed by atoms with E-state index in [1.54, 1.807) is 7.11 Å². The van der Waals surface area contributed by atoms with Gasteiger partial charge >= 0.3 is 0 Å². The number of benzene rings is 1. The van der Waals surface area contributed by atoms with Gasteiger partial charge in [-0.25, -0.2) is 0 Å². The molecule has 2 rings (SSSR count). The Bertz CT molecular complexity index is 413. The first kappa shape index (κ1) is 14.1. The molecule has 0 heterocycles. The van der Waals surface area contributed by atoms with Crippen LogP contribution in [0.5, 0.6) is 5.75 Å². The Kier molecular flexibility index (Phi) is 5.02. The second-order valence-electron chi connectivity index (χ2n) is 5.14. The summed E-state index contributed by atoms with van der Waals surface area (Å²) in [5, 5.41) is 4.30. The average molecular weight is 278 g/mol. The molecular weight excluding hydrogens is 256 g/mol. The van der Waals surface area contributed by atoms with E-state index in [0.29, 0.717) is 6.04 Å². The van der Waals surface area contributed by atoms with Crippen molar-refractivity contribution < 1.29 is 4.74 Å². The lowest BCUT2D eigenvalue weighted by molar-refractivity contribution is 0.414. The molecule has 1 aromatic carbocycles. The van der Waals surface area contributed by atoms with Crippen LogP contribution in [0.3, 0.4) is 0 Å². The quantitative estimate of drug-likeness (QED) is 0.856. The first-order chi connectivity index (χ1) is 9.19. The van der Waals surface area contributed by atoms with Crippen molar-refractivity contribution in [2.24, 2.45) is 0 Å². The van der Waals surface area contributed by atoms with Crippen LogP contribution in [-0.4, -0.2) is 30.2 Å². The third kappa shape index (κ3) is 4.10. The van der Waals surface area contributed by atoms with Gasteiger partial charge < -0.3 is 15.0 Å². The molecule has 1 aliphatic carbocycles. The summed E-state index contributed by atoms with van der Waals surface area (Å²) in [6, 6.07) is 8.69. The zero-order valence-corrected chi connectivity index (χ0v) is 12.5. The Balaban J connectivity index is 1.84. The summed E-state index contributed by atoms with van der Waals surface area (Å²) in [4.78, 5) is 2.09. The maximum atomic E-state index is 5.45. The summed E-state index contributed by atoms with van der Waals surface area (Å²) >= 11 is 5.45. The SMILES string of the molecule is COc1ccc(CN(C)C(=S)NC2CCCC2)cc1. The third-order valence-electron chi connectivity index (χ3n) is 3.61. The molecule has 0 unspecified atom stereocenters. The normalized spacial score (nSPS) is 15.3. The Labute approximate surface area is 120 Å². The molecule has 1 fully saturated rings. The molecule has 1 saturated carbocycles. The minimum absolute atomic E-state index is 0.575. The van der Waals surface area contributed by atoms with Gasteiger partial charge in [0.05, 0.1) is 7.11 Å². The van der Waals surface area contributed by atoms with Crippen LogP contribution in [0.25, 0.3) is 0 Å². The number of hydrogen-bond acceptors (Lipinski definition) is 2. The smallest absolute Gasteiger partial charge is 0.169 e. The van der Waals surface area contributed by atoms with Crippen molar-refractivity contribution in [1.29, 1.82) is 0 Å². The minimum Gasteiger partial charge on any atom is -0.497 e. The van der Waals surface area contributed by atoms with Crippen LogP contribution < -0.4 is 10.1 Å². The predicted octanol–water partition coefficient (Wildman–Crippen LogP) is 2.94. The molecule has 0 aromatic heterocycles. The van der Waals surface area contributed by atoms with Crippen molar-refractivity contribution in [3.8, 4) is 5.75 Å². The van der Waals surface area contributed by atoms with Gasteiger partial charge in [-0.05, 0) is 42.8 Å². The molecule has 4 heteroatoms. The van der Waals surface area contributed by atoms with E-state index in [9.17, 15) is 0 Å². The molecule has 0 spiro atoms. The van der Waals surface area contributed by atoms with Crippen molar-refractivity contribution in [3.05, 3.63) is 29.8 Å². The molecule has 3 nitrogen and oxygen atoms in total. The highest BCUT2D eigenvalue weighted by Gasteiger charge is 2.16. The molecule has 0 atom stereocenters. The molecular formula is C15H22N2OS. The monoisotopic (exact) mass is 278 g/mol. The molecule has 1 aromatic rings. The van der Waals surface area contributed by atoms with E-state index in [1.165, 1.54) is 31.2 Å². The van der Waals surface area contributed by atoms with E-state index >= 15 is 0 Å². The number of hydrogen-bond donors (Lipinski definition) is 1. The van der Waals surface area contributed by atoms with E-state index in [0.717, 1.165) is 17.4 Å². The van der Waals surface area contributed by atoms with Gasteiger partial charge in [0, 0.05) is 19.6 Å². The molecule has 104 valence electrons. The highest BCUT2D eigenvalue weighted by molar-refractivity contribution is 7.80. The van der Waals surface area contributed by atoms with E-state index < -0.39 is 0 Å². The van der Waals surface area contributed by atoms with E-state index in [-0.39, 0.29) is 0 Å². The number of nitrogens with zero attached hydrogens (tertiary/aromatic N) is 1. The molecule has 0 aliphatic heterocycles.